The van der Waals surface area contributed by atoms with Crippen LogP contribution in [0.2, 0.25) is 5.02 Å². The highest BCUT2D eigenvalue weighted by Gasteiger charge is 1.88. The molecule has 0 aromatic heterocycles. The summed E-state index contributed by atoms with van der Waals surface area (Å²) in [7, 11) is 0. The first-order valence-electron chi connectivity index (χ1n) is 3.28. The zero-order chi connectivity index (χ0) is 8.27. The van der Waals surface area contributed by atoms with Crippen LogP contribution in [0.5, 0.6) is 0 Å². The van der Waals surface area contributed by atoms with E-state index in [1.807, 2.05) is 37.3 Å². The fraction of sp³-hybridized carbons (Fsp3) is 0.111. The number of benzene rings is 1. The van der Waals surface area contributed by atoms with Crippen LogP contribution in [0.15, 0.2) is 28.7 Å². The summed E-state index contributed by atoms with van der Waals surface area (Å²) >= 11 is 9.07. The van der Waals surface area contributed by atoms with E-state index in [0.717, 1.165) is 15.1 Å². The molecule has 0 amide bonds. The van der Waals surface area contributed by atoms with Gasteiger partial charge in [0.1, 0.15) is 0 Å². The molecule has 0 aliphatic heterocycles. The SMILES string of the molecule is C/C(Br)=C/c1ccc(Cl)cc1. The molecular weight excluding hydrogens is 223 g/mol. The van der Waals surface area contributed by atoms with Gasteiger partial charge in [-0.15, -0.1) is 0 Å². The Morgan fingerprint density at radius 3 is 2.36 bits per heavy atom. The Morgan fingerprint density at radius 1 is 1.36 bits per heavy atom. The third kappa shape index (κ3) is 3.08. The molecule has 1 rings (SSSR count). The lowest BCUT2D eigenvalue weighted by molar-refractivity contribution is 1.63. The minimum Gasteiger partial charge on any atom is -0.0843 e. The third-order valence-electron chi connectivity index (χ3n) is 1.24. The van der Waals surface area contributed by atoms with Crippen molar-refractivity contribution < 1.29 is 0 Å². The lowest BCUT2D eigenvalue weighted by Crippen LogP contribution is -1.70. The minimum absolute atomic E-state index is 0.773. The zero-order valence-corrected chi connectivity index (χ0v) is 8.48. The van der Waals surface area contributed by atoms with Crippen molar-refractivity contribution >= 4 is 33.6 Å². The summed E-state index contributed by atoms with van der Waals surface area (Å²) in [6, 6.07) is 7.72. The van der Waals surface area contributed by atoms with Crippen molar-refractivity contribution in [3.8, 4) is 0 Å². The zero-order valence-electron chi connectivity index (χ0n) is 6.14. The molecule has 0 fully saturated rings. The van der Waals surface area contributed by atoms with Crippen LogP contribution in [0.4, 0.5) is 0 Å². The van der Waals surface area contributed by atoms with E-state index in [0.29, 0.717) is 0 Å². The number of rotatable bonds is 1. The second-order valence-corrected chi connectivity index (χ2v) is 3.97. The number of hydrogen-bond donors (Lipinski definition) is 0. The van der Waals surface area contributed by atoms with Gasteiger partial charge in [0, 0.05) is 5.02 Å². The van der Waals surface area contributed by atoms with Crippen molar-refractivity contribution in [2.24, 2.45) is 0 Å². The van der Waals surface area contributed by atoms with E-state index < -0.39 is 0 Å². The summed E-state index contributed by atoms with van der Waals surface area (Å²) in [4.78, 5) is 0. The number of allylic oxidation sites excluding steroid dienone is 1. The lowest BCUT2D eigenvalue weighted by Gasteiger charge is -1.93. The number of halogens is 2. The van der Waals surface area contributed by atoms with E-state index in [9.17, 15) is 0 Å². The van der Waals surface area contributed by atoms with E-state index in [-0.39, 0.29) is 0 Å². The van der Waals surface area contributed by atoms with Gasteiger partial charge in [0.2, 0.25) is 0 Å². The van der Waals surface area contributed by atoms with Crippen molar-refractivity contribution in [3.05, 3.63) is 39.3 Å². The van der Waals surface area contributed by atoms with Crippen LogP contribution >= 0.6 is 27.5 Å². The van der Waals surface area contributed by atoms with Gasteiger partial charge in [-0.25, -0.2) is 0 Å². The third-order valence-corrected chi connectivity index (χ3v) is 1.72. The molecule has 11 heavy (non-hydrogen) atoms. The predicted octanol–water partition coefficient (Wildman–Crippen LogP) is 4.10. The first-order chi connectivity index (χ1) is 5.18. The smallest absolute Gasteiger partial charge is 0.0406 e. The van der Waals surface area contributed by atoms with Crippen LogP contribution in [-0.2, 0) is 0 Å². The lowest BCUT2D eigenvalue weighted by atomic mass is 10.2. The molecule has 0 aliphatic carbocycles. The molecule has 1 aromatic carbocycles. The Labute approximate surface area is 80.0 Å². The second kappa shape index (κ2) is 3.93. The van der Waals surface area contributed by atoms with Crippen LogP contribution in [0.1, 0.15) is 12.5 Å². The van der Waals surface area contributed by atoms with Crippen molar-refractivity contribution in [3.63, 3.8) is 0 Å². The van der Waals surface area contributed by atoms with Gasteiger partial charge >= 0.3 is 0 Å². The molecule has 0 aliphatic rings. The van der Waals surface area contributed by atoms with Gasteiger partial charge in [-0.2, -0.15) is 0 Å². The van der Waals surface area contributed by atoms with Gasteiger partial charge in [-0.3, -0.25) is 0 Å². The maximum atomic E-state index is 5.72. The molecule has 2 heteroatoms. The predicted molar refractivity (Wildman–Crippen MR) is 54.0 cm³/mol. The Hall–Kier alpha value is -0.270. The van der Waals surface area contributed by atoms with Crippen molar-refractivity contribution in [2.45, 2.75) is 6.92 Å². The van der Waals surface area contributed by atoms with Crippen LogP contribution in [0.25, 0.3) is 6.08 Å². The Morgan fingerprint density at radius 2 is 1.91 bits per heavy atom. The molecule has 0 radical (unpaired) electrons. The quantitative estimate of drug-likeness (QED) is 0.683. The molecule has 0 saturated heterocycles. The van der Waals surface area contributed by atoms with E-state index in [1.54, 1.807) is 0 Å². The minimum atomic E-state index is 0.773. The van der Waals surface area contributed by atoms with Crippen molar-refractivity contribution in [1.29, 1.82) is 0 Å². The summed E-state index contributed by atoms with van der Waals surface area (Å²) < 4.78 is 1.11. The second-order valence-electron chi connectivity index (χ2n) is 2.28. The molecule has 0 saturated carbocycles. The molecule has 0 nitrogen and oxygen atoms in total. The largest absolute Gasteiger partial charge is 0.0843 e. The summed E-state index contributed by atoms with van der Waals surface area (Å²) in [5, 5.41) is 0.773. The molecule has 0 bridgehead atoms. The fourth-order valence-electron chi connectivity index (χ4n) is 0.789. The van der Waals surface area contributed by atoms with Crippen LogP contribution in [-0.4, -0.2) is 0 Å². The first-order valence-corrected chi connectivity index (χ1v) is 4.45. The van der Waals surface area contributed by atoms with Gasteiger partial charge in [-0.1, -0.05) is 39.7 Å². The van der Waals surface area contributed by atoms with Crippen LogP contribution < -0.4 is 0 Å². The first kappa shape index (κ1) is 8.82. The molecular formula is C9H8BrCl. The summed E-state index contributed by atoms with van der Waals surface area (Å²) in [6.45, 7) is 1.99. The monoisotopic (exact) mass is 230 g/mol. The Kier molecular flexibility index (Phi) is 3.16. The Bertz CT molecular complexity index is 257. The highest BCUT2D eigenvalue weighted by Crippen LogP contribution is 2.14. The van der Waals surface area contributed by atoms with Crippen molar-refractivity contribution in [2.75, 3.05) is 0 Å². The fourth-order valence-corrected chi connectivity index (χ4v) is 1.18. The maximum absolute atomic E-state index is 5.72. The maximum Gasteiger partial charge on any atom is 0.0406 e. The van der Waals surface area contributed by atoms with Crippen molar-refractivity contribution in [1.82, 2.24) is 0 Å². The highest BCUT2D eigenvalue weighted by atomic mass is 79.9. The summed E-state index contributed by atoms with van der Waals surface area (Å²) in [6.07, 6.45) is 2.04. The molecule has 0 heterocycles. The number of hydrogen-bond acceptors (Lipinski definition) is 0. The van der Waals surface area contributed by atoms with Crippen LogP contribution in [0, 0.1) is 0 Å². The molecule has 0 atom stereocenters. The molecule has 0 spiro atoms. The topological polar surface area (TPSA) is 0 Å². The van der Waals surface area contributed by atoms with Gasteiger partial charge in [-0.05, 0) is 35.2 Å². The molecule has 1 aromatic rings. The van der Waals surface area contributed by atoms with E-state index >= 15 is 0 Å². The average Bonchev–Trinajstić information content (AvgIpc) is 1.93. The van der Waals surface area contributed by atoms with Gasteiger partial charge in [0.15, 0.2) is 0 Å². The summed E-state index contributed by atoms with van der Waals surface area (Å²) in [5.74, 6) is 0. The molecule has 58 valence electrons. The summed E-state index contributed by atoms with van der Waals surface area (Å²) in [5.41, 5.74) is 1.16. The van der Waals surface area contributed by atoms with E-state index in [4.69, 9.17) is 11.6 Å². The Balaban J connectivity index is 2.91. The van der Waals surface area contributed by atoms with E-state index in [2.05, 4.69) is 15.9 Å². The normalized spacial score (nSPS) is 11.7. The van der Waals surface area contributed by atoms with Gasteiger partial charge in [0.05, 0.1) is 0 Å². The van der Waals surface area contributed by atoms with Gasteiger partial charge < -0.3 is 0 Å². The standard InChI is InChI=1S/C9H8BrCl/c1-7(10)6-8-2-4-9(11)5-3-8/h2-6H,1H3/b7-6-. The molecule has 0 N–H and O–H groups in total. The average molecular weight is 232 g/mol. The molecule has 0 unspecified atom stereocenters. The van der Waals surface area contributed by atoms with Crippen LogP contribution in [0.3, 0.4) is 0 Å². The van der Waals surface area contributed by atoms with E-state index in [1.165, 1.54) is 0 Å². The highest BCUT2D eigenvalue weighted by molar-refractivity contribution is 9.11. The van der Waals surface area contributed by atoms with Gasteiger partial charge in [0.25, 0.3) is 0 Å².